The Labute approximate surface area is 266 Å². The number of benzene rings is 1. The second-order valence-corrected chi connectivity index (χ2v) is 11.6. The van der Waals surface area contributed by atoms with E-state index in [0.29, 0.717) is 24.3 Å². The lowest BCUT2D eigenvalue weighted by molar-refractivity contribution is 0.0887. The van der Waals surface area contributed by atoms with Crippen molar-refractivity contribution in [3.63, 3.8) is 0 Å². The van der Waals surface area contributed by atoms with E-state index in [0.717, 1.165) is 84.3 Å². The summed E-state index contributed by atoms with van der Waals surface area (Å²) in [7, 11) is 0. The maximum absolute atomic E-state index is 12.7. The van der Waals surface area contributed by atoms with Gasteiger partial charge in [0, 0.05) is 31.2 Å². The molecular formula is C37H46N2O4S. The molecule has 0 unspecified atom stereocenters. The summed E-state index contributed by atoms with van der Waals surface area (Å²) in [6, 6.07) is 11.7. The van der Waals surface area contributed by atoms with Crippen molar-refractivity contribution < 1.29 is 14.6 Å². The highest BCUT2D eigenvalue weighted by Gasteiger charge is 2.19. The van der Waals surface area contributed by atoms with E-state index in [2.05, 4.69) is 73.5 Å². The molecule has 0 saturated heterocycles. The fourth-order valence-electron chi connectivity index (χ4n) is 4.47. The summed E-state index contributed by atoms with van der Waals surface area (Å²) in [5, 5.41) is 10.7. The third kappa shape index (κ3) is 12.3. The Morgan fingerprint density at radius 3 is 2.18 bits per heavy atom. The van der Waals surface area contributed by atoms with E-state index in [4.69, 9.17) is 4.74 Å². The first-order chi connectivity index (χ1) is 21.5. The predicted molar refractivity (Wildman–Crippen MR) is 182 cm³/mol. The summed E-state index contributed by atoms with van der Waals surface area (Å²) in [4.78, 5) is 29.7. The van der Waals surface area contributed by atoms with E-state index in [-0.39, 0.29) is 18.2 Å². The molecule has 0 aliphatic carbocycles. The van der Waals surface area contributed by atoms with Crippen molar-refractivity contribution >= 4 is 17.2 Å². The number of allylic oxidation sites excluding steroid dienone is 8. The van der Waals surface area contributed by atoms with Gasteiger partial charge in [-0.2, -0.15) is 0 Å². The summed E-state index contributed by atoms with van der Waals surface area (Å²) in [5.74, 6) is 0.142. The van der Waals surface area contributed by atoms with Crippen molar-refractivity contribution in [1.82, 2.24) is 9.55 Å². The smallest absolute Gasteiger partial charge is 0.317 e. The molecule has 0 saturated carbocycles. The molecule has 7 heteroatoms. The van der Waals surface area contributed by atoms with Crippen LogP contribution in [0.15, 0.2) is 96.0 Å². The van der Waals surface area contributed by atoms with Gasteiger partial charge in [0.05, 0.1) is 11.5 Å². The molecule has 6 nitrogen and oxygen atoms in total. The number of hydrogen-bond acceptors (Lipinski definition) is 6. The first-order valence-corrected chi connectivity index (χ1v) is 16.6. The number of aromatic hydroxyl groups is 1. The number of aromatic nitrogens is 2. The number of pyridine rings is 1. The lowest BCUT2D eigenvalue weighted by Gasteiger charge is -2.08. The van der Waals surface area contributed by atoms with Crippen molar-refractivity contribution in [2.24, 2.45) is 0 Å². The lowest BCUT2D eigenvalue weighted by atomic mass is 10.1. The van der Waals surface area contributed by atoms with Gasteiger partial charge in [0.15, 0.2) is 0 Å². The maximum Gasteiger partial charge on any atom is 0.317 e. The van der Waals surface area contributed by atoms with Crippen molar-refractivity contribution in [3.05, 3.63) is 123 Å². The van der Waals surface area contributed by atoms with Crippen LogP contribution in [0.5, 0.6) is 11.6 Å². The van der Waals surface area contributed by atoms with Gasteiger partial charge in [-0.05, 0) is 80.7 Å². The summed E-state index contributed by atoms with van der Waals surface area (Å²) < 4.78 is 6.78. The Balaban J connectivity index is 1.36. The zero-order chi connectivity index (χ0) is 31.4. The fourth-order valence-corrected chi connectivity index (χ4v) is 5.38. The summed E-state index contributed by atoms with van der Waals surface area (Å²) >= 11 is 0.920. The molecule has 1 N–H and O–H groups in total. The van der Waals surface area contributed by atoms with E-state index in [9.17, 15) is 14.7 Å². The molecule has 234 valence electrons. The number of aryl methyl sites for hydroxylation is 1. The number of nitrogens with zero attached hydrogens (tertiary/aromatic N) is 2. The van der Waals surface area contributed by atoms with Gasteiger partial charge in [-0.25, -0.2) is 4.57 Å². The second kappa shape index (κ2) is 20.1. The number of hydrogen-bond donors (Lipinski definition) is 1. The van der Waals surface area contributed by atoms with E-state index in [1.807, 2.05) is 36.5 Å². The molecular weight excluding hydrogens is 568 g/mol. The van der Waals surface area contributed by atoms with Crippen LogP contribution in [0, 0.1) is 0 Å². The molecule has 0 atom stereocenters. The number of thiazole rings is 1. The molecule has 0 amide bonds. The molecule has 3 aromatic rings. The minimum Gasteiger partial charge on any atom is -0.493 e. The average Bonchev–Trinajstić information content (AvgIpc) is 3.32. The minimum atomic E-state index is -0.443. The molecule has 2 heterocycles. The largest absolute Gasteiger partial charge is 0.493 e. The quantitative estimate of drug-likeness (QED) is 0.108. The number of unbranched alkanes of at least 4 members (excludes halogenated alkanes) is 2. The Morgan fingerprint density at radius 1 is 0.886 bits per heavy atom. The Bertz CT molecular complexity index is 1440. The van der Waals surface area contributed by atoms with Gasteiger partial charge in [0.2, 0.25) is 11.8 Å². The highest BCUT2D eigenvalue weighted by molar-refractivity contribution is 7.09. The zero-order valence-corrected chi connectivity index (χ0v) is 26.9. The van der Waals surface area contributed by atoms with Gasteiger partial charge in [0.25, 0.3) is 0 Å². The SMILES string of the molecule is CCC=CCC=CCC=CCC=CCCCCC(=O)n1c(O)c(Cc2ccc(OCCc3ccc(CC)cn3)cc2)sc1=O. The van der Waals surface area contributed by atoms with Crippen LogP contribution in [0.25, 0.3) is 0 Å². The predicted octanol–water partition coefficient (Wildman–Crippen LogP) is 8.79. The first kappa shape index (κ1) is 34.5. The van der Waals surface area contributed by atoms with Crippen LogP contribution in [-0.4, -0.2) is 27.2 Å². The molecule has 0 spiro atoms. The Hall–Kier alpha value is -3.97. The summed E-state index contributed by atoms with van der Waals surface area (Å²) in [6.45, 7) is 4.77. The second-order valence-electron chi connectivity index (χ2n) is 10.5. The van der Waals surface area contributed by atoms with Crippen molar-refractivity contribution in [2.45, 2.75) is 84.5 Å². The number of ether oxygens (including phenoxy) is 1. The lowest BCUT2D eigenvalue weighted by Crippen LogP contribution is -2.20. The normalized spacial score (nSPS) is 12.0. The van der Waals surface area contributed by atoms with Gasteiger partial charge >= 0.3 is 4.87 Å². The van der Waals surface area contributed by atoms with Crippen LogP contribution in [-0.2, 0) is 19.3 Å². The third-order valence-electron chi connectivity index (χ3n) is 7.04. The molecule has 0 aliphatic rings. The molecule has 0 fully saturated rings. The number of carbonyl (C=O) groups is 1. The molecule has 0 bridgehead atoms. The molecule has 44 heavy (non-hydrogen) atoms. The van der Waals surface area contributed by atoms with Crippen LogP contribution < -0.4 is 9.61 Å². The van der Waals surface area contributed by atoms with Gasteiger partial charge in [-0.3, -0.25) is 14.6 Å². The standard InChI is InChI=1S/C37H46N2O4S/c1-3-5-6-7-8-9-10-11-12-13-14-15-16-17-18-19-35(40)39-36(41)34(44-37(39)42)28-31-21-24-33(25-22-31)43-27-26-32-23-20-30(4-2)29-38-32/h5-6,8-9,11-12,14-15,20-25,29,41H,3-4,7,10,13,16-19,26-28H2,1-2H3. The van der Waals surface area contributed by atoms with E-state index in [1.54, 1.807) is 0 Å². The first-order valence-electron chi connectivity index (χ1n) is 15.7. The van der Waals surface area contributed by atoms with E-state index in [1.165, 1.54) is 5.56 Å². The molecule has 0 radical (unpaired) electrons. The Kier molecular flexibility index (Phi) is 15.7. The molecule has 3 rings (SSSR count). The highest BCUT2D eigenvalue weighted by Crippen LogP contribution is 2.25. The number of carbonyl (C=O) groups excluding carboxylic acids is 1. The third-order valence-corrected chi connectivity index (χ3v) is 7.97. The van der Waals surface area contributed by atoms with Crippen LogP contribution >= 0.6 is 11.3 Å². The fraction of sp³-hybridized carbons (Fsp3) is 0.378. The van der Waals surface area contributed by atoms with E-state index >= 15 is 0 Å². The summed E-state index contributed by atoms with van der Waals surface area (Å²) in [5.41, 5.74) is 3.13. The van der Waals surface area contributed by atoms with Gasteiger partial charge < -0.3 is 9.84 Å². The van der Waals surface area contributed by atoms with Crippen LogP contribution in [0.2, 0.25) is 0 Å². The molecule has 0 aliphatic heterocycles. The van der Waals surface area contributed by atoms with Crippen molar-refractivity contribution in [2.75, 3.05) is 6.61 Å². The van der Waals surface area contributed by atoms with Crippen LogP contribution in [0.4, 0.5) is 0 Å². The molecule has 2 aromatic heterocycles. The minimum absolute atomic E-state index is 0.224. The van der Waals surface area contributed by atoms with Crippen molar-refractivity contribution in [1.29, 1.82) is 0 Å². The van der Waals surface area contributed by atoms with Crippen LogP contribution in [0.3, 0.4) is 0 Å². The van der Waals surface area contributed by atoms with Gasteiger partial charge in [0.1, 0.15) is 5.75 Å². The van der Waals surface area contributed by atoms with E-state index < -0.39 is 4.87 Å². The summed E-state index contributed by atoms with van der Waals surface area (Å²) in [6.07, 6.45) is 27.8. The maximum atomic E-state index is 12.7. The van der Waals surface area contributed by atoms with Gasteiger partial charge in [-0.15, -0.1) is 0 Å². The van der Waals surface area contributed by atoms with Crippen molar-refractivity contribution in [3.8, 4) is 11.6 Å². The highest BCUT2D eigenvalue weighted by atomic mass is 32.1. The average molecular weight is 615 g/mol. The van der Waals surface area contributed by atoms with Crippen LogP contribution in [0.1, 0.15) is 91.7 Å². The monoisotopic (exact) mass is 614 g/mol. The molecule has 1 aromatic carbocycles. The zero-order valence-electron chi connectivity index (χ0n) is 26.1. The Morgan fingerprint density at radius 2 is 1.55 bits per heavy atom. The topological polar surface area (TPSA) is 81.4 Å². The number of rotatable bonds is 19. The van der Waals surface area contributed by atoms with Gasteiger partial charge in [-0.1, -0.05) is 92.0 Å².